The quantitative estimate of drug-likeness (QED) is 0.522. The summed E-state index contributed by atoms with van der Waals surface area (Å²) in [6.45, 7) is 6.96. The highest BCUT2D eigenvalue weighted by Crippen LogP contribution is 2.11. The van der Waals surface area contributed by atoms with E-state index in [9.17, 15) is 4.79 Å². The first-order chi connectivity index (χ1) is 12.8. The van der Waals surface area contributed by atoms with Crippen LogP contribution in [0.25, 0.3) is 6.08 Å². The van der Waals surface area contributed by atoms with Crippen LogP contribution in [0.2, 0.25) is 0 Å². The van der Waals surface area contributed by atoms with E-state index in [1.807, 2.05) is 6.07 Å². The zero-order valence-electron chi connectivity index (χ0n) is 16.5. The molecule has 3 nitrogen and oxygen atoms in total. The largest absolute Gasteiger partial charge is 0.340 e. The average Bonchev–Trinajstić information content (AvgIpc) is 2.68. The molecule has 1 fully saturated rings. The van der Waals surface area contributed by atoms with Gasteiger partial charge in [-0.3, -0.25) is 9.69 Å². The Bertz CT molecular complexity index is 518. The Kier molecular flexibility index (Phi) is 10.1. The van der Waals surface area contributed by atoms with E-state index >= 15 is 0 Å². The molecular formula is C23H36N2O. The van der Waals surface area contributed by atoms with Gasteiger partial charge >= 0.3 is 0 Å². The van der Waals surface area contributed by atoms with Crippen molar-refractivity contribution in [2.75, 3.05) is 32.7 Å². The molecule has 1 saturated heterocycles. The van der Waals surface area contributed by atoms with Crippen molar-refractivity contribution < 1.29 is 4.79 Å². The fourth-order valence-corrected chi connectivity index (χ4v) is 3.47. The van der Waals surface area contributed by atoms with Gasteiger partial charge in [0, 0.05) is 39.1 Å². The van der Waals surface area contributed by atoms with Crippen LogP contribution >= 0.6 is 0 Å². The van der Waals surface area contributed by atoms with E-state index in [4.69, 9.17) is 0 Å². The molecule has 0 N–H and O–H groups in total. The number of hydrogen-bond donors (Lipinski definition) is 0. The third-order valence-corrected chi connectivity index (χ3v) is 5.19. The monoisotopic (exact) mass is 356 g/mol. The lowest BCUT2D eigenvalue weighted by Crippen LogP contribution is -2.48. The van der Waals surface area contributed by atoms with Gasteiger partial charge in [0.05, 0.1) is 0 Å². The highest BCUT2D eigenvalue weighted by atomic mass is 16.2. The normalized spacial score (nSPS) is 15.7. The maximum atomic E-state index is 12.3. The number of nitrogens with zero attached hydrogens (tertiary/aromatic N) is 2. The Morgan fingerprint density at radius 3 is 2.27 bits per heavy atom. The summed E-state index contributed by atoms with van der Waals surface area (Å²) in [6, 6.07) is 10.4. The molecule has 0 bridgehead atoms. The summed E-state index contributed by atoms with van der Waals surface area (Å²) < 4.78 is 0. The predicted molar refractivity (Wildman–Crippen MR) is 111 cm³/mol. The minimum Gasteiger partial charge on any atom is -0.340 e. The second kappa shape index (κ2) is 12.7. The van der Waals surface area contributed by atoms with Crippen molar-refractivity contribution >= 4 is 12.0 Å². The Balaban J connectivity index is 1.54. The van der Waals surface area contributed by atoms with Crippen molar-refractivity contribution in [1.29, 1.82) is 0 Å². The summed E-state index contributed by atoms with van der Waals surface area (Å²) in [6.07, 6.45) is 14.0. The van der Waals surface area contributed by atoms with Crippen LogP contribution in [0.5, 0.6) is 0 Å². The SMILES string of the molecule is CCCCCCCCCC(=O)N1CCN(CC=Cc2ccccc2)CC1. The van der Waals surface area contributed by atoms with Crippen LogP contribution in [-0.2, 0) is 4.79 Å². The molecule has 0 saturated carbocycles. The summed E-state index contributed by atoms with van der Waals surface area (Å²) in [5.74, 6) is 0.359. The van der Waals surface area contributed by atoms with Crippen molar-refractivity contribution in [2.45, 2.75) is 58.3 Å². The van der Waals surface area contributed by atoms with E-state index < -0.39 is 0 Å². The minimum absolute atomic E-state index is 0.359. The summed E-state index contributed by atoms with van der Waals surface area (Å²) in [5.41, 5.74) is 1.25. The van der Waals surface area contributed by atoms with Gasteiger partial charge in [-0.1, -0.05) is 87.9 Å². The van der Waals surface area contributed by atoms with E-state index in [0.717, 1.165) is 45.6 Å². The number of carbonyl (C=O) groups excluding carboxylic acids is 1. The lowest BCUT2D eigenvalue weighted by atomic mass is 10.1. The fourth-order valence-electron chi connectivity index (χ4n) is 3.47. The van der Waals surface area contributed by atoms with Gasteiger partial charge < -0.3 is 4.90 Å². The van der Waals surface area contributed by atoms with Gasteiger partial charge in [-0.25, -0.2) is 0 Å². The molecular weight excluding hydrogens is 320 g/mol. The summed E-state index contributed by atoms with van der Waals surface area (Å²) in [4.78, 5) is 16.8. The summed E-state index contributed by atoms with van der Waals surface area (Å²) >= 11 is 0. The number of hydrogen-bond acceptors (Lipinski definition) is 2. The maximum absolute atomic E-state index is 12.3. The van der Waals surface area contributed by atoms with Gasteiger partial charge in [0.25, 0.3) is 0 Å². The van der Waals surface area contributed by atoms with E-state index in [1.165, 1.54) is 44.1 Å². The van der Waals surface area contributed by atoms with E-state index in [0.29, 0.717) is 5.91 Å². The molecule has 3 heteroatoms. The van der Waals surface area contributed by atoms with Crippen molar-refractivity contribution in [3.63, 3.8) is 0 Å². The maximum Gasteiger partial charge on any atom is 0.222 e. The van der Waals surface area contributed by atoms with Crippen LogP contribution in [0.15, 0.2) is 36.4 Å². The van der Waals surface area contributed by atoms with Gasteiger partial charge in [-0.2, -0.15) is 0 Å². The number of carbonyl (C=O) groups is 1. The average molecular weight is 357 g/mol. The Morgan fingerprint density at radius 1 is 0.923 bits per heavy atom. The molecule has 26 heavy (non-hydrogen) atoms. The van der Waals surface area contributed by atoms with Gasteiger partial charge in [0.1, 0.15) is 0 Å². The van der Waals surface area contributed by atoms with Crippen LogP contribution in [0.1, 0.15) is 63.9 Å². The van der Waals surface area contributed by atoms with Crippen LogP contribution in [0.4, 0.5) is 0 Å². The number of rotatable bonds is 11. The van der Waals surface area contributed by atoms with Crippen molar-refractivity contribution in [3.8, 4) is 0 Å². The smallest absolute Gasteiger partial charge is 0.222 e. The highest BCUT2D eigenvalue weighted by molar-refractivity contribution is 5.76. The molecule has 1 aliphatic heterocycles. The molecule has 0 spiro atoms. The molecule has 2 rings (SSSR count). The molecule has 0 aliphatic carbocycles. The third-order valence-electron chi connectivity index (χ3n) is 5.19. The molecule has 1 aromatic carbocycles. The second-order valence-electron chi connectivity index (χ2n) is 7.37. The minimum atomic E-state index is 0.359. The zero-order valence-corrected chi connectivity index (χ0v) is 16.5. The standard InChI is InChI=1S/C23H36N2O/c1-2-3-4-5-6-7-11-16-23(26)25-20-18-24(19-21-25)17-12-15-22-13-9-8-10-14-22/h8-10,12-15H,2-7,11,16-21H2,1H3. The van der Waals surface area contributed by atoms with Crippen LogP contribution in [0, 0.1) is 0 Å². The Hall–Kier alpha value is -1.61. The van der Waals surface area contributed by atoms with Crippen LogP contribution in [0.3, 0.4) is 0 Å². The molecule has 1 amide bonds. The first-order valence-electron chi connectivity index (χ1n) is 10.5. The molecule has 144 valence electrons. The lowest BCUT2D eigenvalue weighted by Gasteiger charge is -2.34. The zero-order chi connectivity index (χ0) is 18.5. The van der Waals surface area contributed by atoms with Crippen LogP contribution < -0.4 is 0 Å². The number of benzene rings is 1. The molecule has 0 aromatic heterocycles. The molecule has 0 unspecified atom stereocenters. The fraction of sp³-hybridized carbons (Fsp3) is 0.609. The highest BCUT2D eigenvalue weighted by Gasteiger charge is 2.19. The third kappa shape index (κ3) is 8.18. The number of piperazine rings is 1. The van der Waals surface area contributed by atoms with Crippen molar-refractivity contribution in [1.82, 2.24) is 9.80 Å². The van der Waals surface area contributed by atoms with E-state index in [-0.39, 0.29) is 0 Å². The molecule has 0 atom stereocenters. The Morgan fingerprint density at radius 2 is 1.58 bits per heavy atom. The van der Waals surface area contributed by atoms with Gasteiger partial charge in [0.15, 0.2) is 0 Å². The second-order valence-corrected chi connectivity index (χ2v) is 7.37. The topological polar surface area (TPSA) is 23.6 Å². The van der Waals surface area contributed by atoms with Gasteiger partial charge in [-0.05, 0) is 12.0 Å². The molecule has 0 radical (unpaired) electrons. The first kappa shape index (κ1) is 20.7. The van der Waals surface area contributed by atoms with Crippen molar-refractivity contribution in [2.24, 2.45) is 0 Å². The van der Waals surface area contributed by atoms with E-state index in [2.05, 4.69) is 53.1 Å². The van der Waals surface area contributed by atoms with Gasteiger partial charge in [-0.15, -0.1) is 0 Å². The lowest BCUT2D eigenvalue weighted by molar-refractivity contribution is -0.133. The first-order valence-corrected chi connectivity index (χ1v) is 10.5. The number of amides is 1. The van der Waals surface area contributed by atoms with Crippen LogP contribution in [-0.4, -0.2) is 48.4 Å². The van der Waals surface area contributed by atoms with Gasteiger partial charge in [0.2, 0.25) is 5.91 Å². The molecule has 1 heterocycles. The Labute approximate surface area is 160 Å². The van der Waals surface area contributed by atoms with Crippen molar-refractivity contribution in [3.05, 3.63) is 42.0 Å². The molecule has 1 aliphatic rings. The predicted octanol–water partition coefficient (Wildman–Crippen LogP) is 4.98. The number of unbranched alkanes of at least 4 members (excludes halogenated alkanes) is 6. The summed E-state index contributed by atoms with van der Waals surface area (Å²) in [5, 5.41) is 0. The summed E-state index contributed by atoms with van der Waals surface area (Å²) in [7, 11) is 0. The molecule has 1 aromatic rings. The van der Waals surface area contributed by atoms with E-state index in [1.54, 1.807) is 0 Å².